The van der Waals surface area contributed by atoms with Crippen molar-refractivity contribution in [2.24, 2.45) is 11.8 Å². The van der Waals surface area contributed by atoms with Crippen LogP contribution in [-0.4, -0.2) is 111 Å². The second-order valence-electron chi connectivity index (χ2n) is 15.8. The summed E-state index contributed by atoms with van der Waals surface area (Å²) >= 11 is 0. The molecular formula is C40H64Br2N4O6. The highest BCUT2D eigenvalue weighted by Crippen LogP contribution is 2.26. The minimum absolute atomic E-state index is 0. The van der Waals surface area contributed by atoms with E-state index in [0.717, 1.165) is 49.9 Å². The number of hydrogen-bond donors (Lipinski definition) is 0. The Kier molecular flexibility index (Phi) is 22.5. The van der Waals surface area contributed by atoms with Crippen LogP contribution in [0.15, 0.2) is 48.5 Å². The summed E-state index contributed by atoms with van der Waals surface area (Å²) in [6.07, 6.45) is 3.57. The Labute approximate surface area is 334 Å². The zero-order chi connectivity index (χ0) is 37.5. The van der Waals surface area contributed by atoms with E-state index in [1.54, 1.807) is 40.3 Å². The van der Waals surface area contributed by atoms with Gasteiger partial charge in [0.1, 0.15) is 37.7 Å². The van der Waals surface area contributed by atoms with E-state index < -0.39 is 12.2 Å². The summed E-state index contributed by atoms with van der Waals surface area (Å²) in [6, 6.07) is 15.1. The molecule has 0 aromatic heterocycles. The molecule has 2 amide bonds. The van der Waals surface area contributed by atoms with Gasteiger partial charge in [0.2, 0.25) is 0 Å². The Morgan fingerprint density at radius 2 is 0.904 bits per heavy atom. The lowest BCUT2D eigenvalue weighted by atomic mass is 10.0. The Morgan fingerprint density at radius 3 is 1.21 bits per heavy atom. The third-order valence-corrected chi connectivity index (χ3v) is 8.56. The van der Waals surface area contributed by atoms with Crippen molar-refractivity contribution in [3.63, 3.8) is 0 Å². The van der Waals surface area contributed by atoms with E-state index in [0.29, 0.717) is 71.3 Å². The fraction of sp³-hybridized carbons (Fsp3) is 0.600. The molecule has 0 saturated carbocycles. The average molecular weight is 857 g/mol. The SMILES string of the molecule is CC(C)C[N+](C)(CC(=O)CCCCCCC(=O)C[N+](C)(Cc1ccccc1OC(=O)N(C)C)CC(C)C)Cc1ccccc1OC(=O)N(C)C.[Br-].[Br-]. The second-order valence-corrected chi connectivity index (χ2v) is 15.8. The number of unbranched alkanes of at least 4 members (excludes halogenated alkanes) is 3. The van der Waals surface area contributed by atoms with Crippen LogP contribution >= 0.6 is 0 Å². The van der Waals surface area contributed by atoms with Gasteiger partial charge in [0.25, 0.3) is 0 Å². The van der Waals surface area contributed by atoms with Crippen LogP contribution in [0.4, 0.5) is 9.59 Å². The quantitative estimate of drug-likeness (QED) is 0.139. The predicted octanol–water partition coefficient (Wildman–Crippen LogP) is 1.20. The normalized spacial score (nSPS) is 13.2. The van der Waals surface area contributed by atoms with E-state index in [2.05, 4.69) is 41.8 Å². The number of Topliss-reactive ketones (excluding diaryl/α,β-unsaturated/α-hetero) is 2. The van der Waals surface area contributed by atoms with E-state index in [1.807, 2.05) is 36.4 Å². The Balaban J connectivity index is 0.0000130. The first kappa shape index (κ1) is 49.2. The number of hydrogen-bond acceptors (Lipinski definition) is 6. The maximum absolute atomic E-state index is 13.2. The van der Waals surface area contributed by atoms with Crippen LogP contribution in [0, 0.1) is 11.8 Å². The molecule has 0 bridgehead atoms. The number of amides is 2. The van der Waals surface area contributed by atoms with Crippen molar-refractivity contribution >= 4 is 23.8 Å². The smallest absolute Gasteiger partial charge is 0.414 e. The summed E-state index contributed by atoms with van der Waals surface area (Å²) in [5, 5.41) is 0. The van der Waals surface area contributed by atoms with Gasteiger partial charge in [-0.05, 0) is 37.1 Å². The molecule has 0 saturated heterocycles. The van der Waals surface area contributed by atoms with Crippen molar-refractivity contribution < 1.29 is 71.6 Å². The monoisotopic (exact) mass is 854 g/mol. The van der Waals surface area contributed by atoms with Crippen molar-refractivity contribution in [3.05, 3.63) is 59.7 Å². The average Bonchev–Trinajstić information content (AvgIpc) is 2.99. The van der Waals surface area contributed by atoms with Gasteiger partial charge in [0, 0.05) is 64.0 Å². The van der Waals surface area contributed by atoms with Crippen molar-refractivity contribution in [2.75, 3.05) is 68.5 Å². The highest BCUT2D eigenvalue weighted by Gasteiger charge is 2.30. The fourth-order valence-electron chi connectivity index (χ4n) is 6.80. The maximum Gasteiger partial charge on any atom is 0.414 e. The van der Waals surface area contributed by atoms with Crippen LogP contribution in [0.5, 0.6) is 11.5 Å². The number of benzene rings is 2. The van der Waals surface area contributed by atoms with Gasteiger partial charge in [-0.15, -0.1) is 0 Å². The molecule has 2 unspecified atom stereocenters. The molecule has 2 rings (SSSR count). The number of halogens is 2. The van der Waals surface area contributed by atoms with Crippen LogP contribution in [0.3, 0.4) is 0 Å². The van der Waals surface area contributed by atoms with Gasteiger partial charge in [-0.25, -0.2) is 9.59 Å². The van der Waals surface area contributed by atoms with E-state index in [-0.39, 0.29) is 45.5 Å². The summed E-state index contributed by atoms with van der Waals surface area (Å²) < 4.78 is 12.3. The van der Waals surface area contributed by atoms with Crippen LogP contribution in [0.2, 0.25) is 0 Å². The topological polar surface area (TPSA) is 93.2 Å². The van der Waals surface area contributed by atoms with E-state index in [9.17, 15) is 19.2 Å². The van der Waals surface area contributed by atoms with Gasteiger partial charge in [-0.1, -0.05) is 64.8 Å². The summed E-state index contributed by atoms with van der Waals surface area (Å²) in [5.41, 5.74) is 1.81. The van der Waals surface area contributed by atoms with Gasteiger partial charge in [-0.3, -0.25) is 9.59 Å². The molecule has 0 N–H and O–H groups in total. The molecule has 2 aromatic rings. The molecule has 52 heavy (non-hydrogen) atoms. The van der Waals surface area contributed by atoms with Gasteiger partial charge in [-0.2, -0.15) is 0 Å². The first-order chi connectivity index (χ1) is 23.4. The third-order valence-electron chi connectivity index (χ3n) is 8.56. The van der Waals surface area contributed by atoms with Crippen LogP contribution in [0.1, 0.15) is 77.3 Å². The molecular weight excluding hydrogens is 792 g/mol. The predicted molar refractivity (Wildman–Crippen MR) is 199 cm³/mol. The summed E-state index contributed by atoms with van der Waals surface area (Å²) in [7, 11) is 10.8. The number of nitrogens with zero attached hydrogens (tertiary/aromatic N) is 4. The van der Waals surface area contributed by atoms with Crippen molar-refractivity contribution in [1.29, 1.82) is 0 Å². The largest absolute Gasteiger partial charge is 1.00 e. The van der Waals surface area contributed by atoms with Crippen LogP contribution in [0.25, 0.3) is 0 Å². The highest BCUT2D eigenvalue weighted by molar-refractivity contribution is 5.80. The van der Waals surface area contributed by atoms with Crippen molar-refractivity contribution in [3.8, 4) is 11.5 Å². The molecule has 10 nitrogen and oxygen atoms in total. The van der Waals surface area contributed by atoms with Crippen molar-refractivity contribution in [1.82, 2.24) is 9.80 Å². The zero-order valence-corrected chi connectivity index (χ0v) is 36.4. The van der Waals surface area contributed by atoms with E-state index in [4.69, 9.17) is 9.47 Å². The van der Waals surface area contributed by atoms with Gasteiger partial charge in [0.15, 0.2) is 11.6 Å². The lowest BCUT2D eigenvalue weighted by Crippen LogP contribution is -3.00. The summed E-state index contributed by atoms with van der Waals surface area (Å²) in [6.45, 7) is 12.3. The number of carbonyl (C=O) groups excluding carboxylic acids is 4. The first-order valence-electron chi connectivity index (χ1n) is 18.1. The maximum atomic E-state index is 13.2. The molecule has 0 heterocycles. The number of carbonyl (C=O) groups is 4. The first-order valence-corrected chi connectivity index (χ1v) is 18.1. The highest BCUT2D eigenvalue weighted by atomic mass is 79.9. The minimum Gasteiger partial charge on any atom is -1.00 e. The second kappa shape index (κ2) is 23.8. The lowest BCUT2D eigenvalue weighted by molar-refractivity contribution is -0.917. The van der Waals surface area contributed by atoms with Gasteiger partial charge >= 0.3 is 12.2 Å². The van der Waals surface area contributed by atoms with Crippen LogP contribution < -0.4 is 43.4 Å². The molecule has 0 aliphatic rings. The number of para-hydroxylation sites is 2. The molecule has 2 atom stereocenters. The molecule has 12 heteroatoms. The molecule has 0 fully saturated rings. The van der Waals surface area contributed by atoms with Crippen molar-refractivity contribution in [2.45, 2.75) is 79.3 Å². The molecule has 0 radical (unpaired) electrons. The molecule has 294 valence electrons. The third kappa shape index (κ3) is 18.3. The number of ketones is 2. The Morgan fingerprint density at radius 1 is 0.577 bits per heavy atom. The fourth-order valence-corrected chi connectivity index (χ4v) is 6.80. The molecule has 0 aliphatic carbocycles. The van der Waals surface area contributed by atoms with Gasteiger partial charge < -0.3 is 62.2 Å². The van der Waals surface area contributed by atoms with E-state index >= 15 is 0 Å². The minimum atomic E-state index is -0.428. The number of likely N-dealkylation sites (N-methyl/N-ethyl adjacent to an activating group) is 2. The summed E-state index contributed by atoms with van der Waals surface area (Å²) in [5.74, 6) is 2.28. The Bertz CT molecular complexity index is 1310. The standard InChI is InChI=1S/C40H64N4O6.2BrH/c1-31(2)25-43(9,27-33-19-15-17-23-37(33)49-39(47)41(5)6)29-35(45)21-13-11-12-14-22-36(46)30-44(10,26-32(3)4)28-34-20-16-18-24-38(34)50-40(48)42(7)8;;/h15-20,23-24,31-32H,11-14,21-22,25-30H2,1-10H3;2*1H/q+2;;/p-2. The number of ether oxygens (including phenoxy) is 2. The lowest BCUT2D eigenvalue weighted by Gasteiger charge is -2.36. The molecule has 2 aromatic carbocycles. The molecule has 0 spiro atoms. The van der Waals surface area contributed by atoms with Gasteiger partial charge in [0.05, 0.1) is 27.2 Å². The zero-order valence-electron chi connectivity index (χ0n) is 33.3. The molecule has 0 aliphatic heterocycles. The van der Waals surface area contributed by atoms with E-state index in [1.165, 1.54) is 9.80 Å². The van der Waals surface area contributed by atoms with Crippen LogP contribution in [-0.2, 0) is 22.7 Å². The number of quaternary nitrogens is 2. The number of rotatable bonds is 21. The summed E-state index contributed by atoms with van der Waals surface area (Å²) in [4.78, 5) is 53.8. The Hall–Kier alpha value is -2.80.